The summed E-state index contributed by atoms with van der Waals surface area (Å²) in [5.41, 5.74) is 0.562. The van der Waals surface area contributed by atoms with Crippen LogP contribution in [0.4, 0.5) is 0 Å². The first-order valence-electron chi connectivity index (χ1n) is 7.46. The van der Waals surface area contributed by atoms with Gasteiger partial charge >= 0.3 is 5.97 Å². The zero-order valence-electron chi connectivity index (χ0n) is 12.3. The zero-order chi connectivity index (χ0) is 15.8. The van der Waals surface area contributed by atoms with E-state index in [-0.39, 0.29) is 30.9 Å². The quantitative estimate of drug-likeness (QED) is 0.782. The number of esters is 1. The predicted octanol–water partition coefficient (Wildman–Crippen LogP) is 2.68. The van der Waals surface area contributed by atoms with Crippen molar-refractivity contribution in [1.29, 1.82) is 0 Å². The van der Waals surface area contributed by atoms with E-state index in [9.17, 15) is 9.59 Å². The van der Waals surface area contributed by atoms with Crippen LogP contribution in [0.15, 0.2) is 28.7 Å². The summed E-state index contributed by atoms with van der Waals surface area (Å²) in [5, 5.41) is 2.70. The van der Waals surface area contributed by atoms with Gasteiger partial charge in [0.2, 0.25) is 0 Å². The maximum absolute atomic E-state index is 11.8. The lowest BCUT2D eigenvalue weighted by Gasteiger charge is -2.22. The lowest BCUT2D eigenvalue weighted by molar-refractivity contribution is -0.148. The van der Waals surface area contributed by atoms with Crippen LogP contribution >= 0.6 is 15.9 Å². The lowest BCUT2D eigenvalue weighted by atomic mass is 10.1. The summed E-state index contributed by atoms with van der Waals surface area (Å²) < 4.78 is 11.6. The zero-order valence-corrected chi connectivity index (χ0v) is 13.9. The van der Waals surface area contributed by atoms with Gasteiger partial charge in [-0.3, -0.25) is 9.59 Å². The van der Waals surface area contributed by atoms with E-state index in [0.29, 0.717) is 12.2 Å². The van der Waals surface area contributed by atoms with Gasteiger partial charge in [0.05, 0.1) is 12.5 Å². The highest BCUT2D eigenvalue weighted by Crippen LogP contribution is 2.13. The van der Waals surface area contributed by atoms with Crippen LogP contribution in [-0.4, -0.2) is 37.7 Å². The fraction of sp³-hybridized carbons (Fsp3) is 0.500. The molecule has 1 fully saturated rings. The largest absolute Gasteiger partial charge is 0.463 e. The summed E-state index contributed by atoms with van der Waals surface area (Å²) in [6.07, 6.45) is 3.32. The summed E-state index contributed by atoms with van der Waals surface area (Å²) in [6, 6.07) is 7.04. The molecule has 0 radical (unpaired) electrons. The summed E-state index contributed by atoms with van der Waals surface area (Å²) in [7, 11) is 0. The van der Waals surface area contributed by atoms with Gasteiger partial charge in [-0.2, -0.15) is 0 Å². The predicted molar refractivity (Wildman–Crippen MR) is 85.6 cm³/mol. The Morgan fingerprint density at radius 1 is 1.27 bits per heavy atom. The topological polar surface area (TPSA) is 64.6 Å². The van der Waals surface area contributed by atoms with Crippen LogP contribution in [0.25, 0.3) is 0 Å². The SMILES string of the molecule is O=C(CCNC(=O)c1ccc(Br)cc1)OCC1CCCCO1. The summed E-state index contributed by atoms with van der Waals surface area (Å²) in [4.78, 5) is 23.5. The van der Waals surface area contributed by atoms with E-state index in [2.05, 4.69) is 21.2 Å². The normalized spacial score (nSPS) is 17.8. The van der Waals surface area contributed by atoms with Crippen molar-refractivity contribution in [3.05, 3.63) is 34.3 Å². The maximum atomic E-state index is 11.8. The Morgan fingerprint density at radius 2 is 2.05 bits per heavy atom. The molecule has 0 aromatic heterocycles. The van der Waals surface area contributed by atoms with Gasteiger partial charge in [0.1, 0.15) is 6.61 Å². The van der Waals surface area contributed by atoms with Crippen LogP contribution in [0.2, 0.25) is 0 Å². The first-order valence-corrected chi connectivity index (χ1v) is 8.25. The van der Waals surface area contributed by atoms with Crippen LogP contribution in [0.5, 0.6) is 0 Å². The fourth-order valence-electron chi connectivity index (χ4n) is 2.18. The molecule has 1 aromatic carbocycles. The monoisotopic (exact) mass is 369 g/mol. The second-order valence-electron chi connectivity index (χ2n) is 5.18. The maximum Gasteiger partial charge on any atom is 0.307 e. The third-order valence-corrected chi connectivity index (χ3v) is 3.95. The number of carbonyl (C=O) groups excluding carboxylic acids is 2. The number of hydrogen-bond acceptors (Lipinski definition) is 4. The van der Waals surface area contributed by atoms with Gasteiger partial charge in [0.15, 0.2) is 0 Å². The summed E-state index contributed by atoms with van der Waals surface area (Å²) in [6.45, 7) is 1.31. The molecular weight excluding hydrogens is 350 g/mol. The molecule has 1 saturated heterocycles. The Balaban J connectivity index is 1.61. The van der Waals surface area contributed by atoms with E-state index in [1.165, 1.54) is 0 Å². The molecule has 22 heavy (non-hydrogen) atoms. The van der Waals surface area contributed by atoms with Crippen molar-refractivity contribution in [3.63, 3.8) is 0 Å². The highest BCUT2D eigenvalue weighted by Gasteiger charge is 2.16. The van der Waals surface area contributed by atoms with E-state index in [0.717, 1.165) is 30.3 Å². The molecule has 1 aromatic rings. The Bertz CT molecular complexity index is 497. The molecule has 1 N–H and O–H groups in total. The standard InChI is InChI=1S/C16H20BrNO4/c17-13-6-4-12(5-7-13)16(20)18-9-8-15(19)22-11-14-3-1-2-10-21-14/h4-7,14H,1-3,8-11H2,(H,18,20). The Hall–Kier alpha value is -1.40. The highest BCUT2D eigenvalue weighted by atomic mass is 79.9. The van der Waals surface area contributed by atoms with E-state index >= 15 is 0 Å². The van der Waals surface area contributed by atoms with Gasteiger partial charge in [-0.05, 0) is 43.5 Å². The smallest absolute Gasteiger partial charge is 0.307 e. The molecule has 0 bridgehead atoms. The number of carbonyl (C=O) groups is 2. The fourth-order valence-corrected chi connectivity index (χ4v) is 2.44. The van der Waals surface area contributed by atoms with Crippen molar-refractivity contribution in [2.75, 3.05) is 19.8 Å². The Morgan fingerprint density at radius 3 is 2.73 bits per heavy atom. The van der Waals surface area contributed by atoms with Gasteiger partial charge in [-0.1, -0.05) is 15.9 Å². The third-order valence-electron chi connectivity index (χ3n) is 3.43. The number of amides is 1. The molecule has 1 amide bonds. The van der Waals surface area contributed by atoms with Crippen LogP contribution < -0.4 is 5.32 Å². The van der Waals surface area contributed by atoms with Crippen LogP contribution in [0.1, 0.15) is 36.0 Å². The molecule has 1 aliphatic rings. The molecule has 0 saturated carbocycles. The van der Waals surface area contributed by atoms with Crippen molar-refractivity contribution in [2.24, 2.45) is 0 Å². The molecule has 1 heterocycles. The van der Waals surface area contributed by atoms with Crippen LogP contribution in [0, 0.1) is 0 Å². The molecule has 1 atom stereocenters. The van der Waals surface area contributed by atoms with Crippen molar-refractivity contribution in [2.45, 2.75) is 31.8 Å². The number of rotatable bonds is 6. The van der Waals surface area contributed by atoms with Crippen molar-refractivity contribution >= 4 is 27.8 Å². The average Bonchev–Trinajstić information content (AvgIpc) is 2.54. The summed E-state index contributed by atoms with van der Waals surface area (Å²) in [5.74, 6) is -0.513. The number of halogens is 1. The summed E-state index contributed by atoms with van der Waals surface area (Å²) >= 11 is 3.31. The molecule has 1 aliphatic heterocycles. The van der Waals surface area contributed by atoms with Crippen LogP contribution in [0.3, 0.4) is 0 Å². The number of hydrogen-bond donors (Lipinski definition) is 1. The number of ether oxygens (including phenoxy) is 2. The van der Waals surface area contributed by atoms with Gasteiger partial charge in [0, 0.05) is 23.2 Å². The molecule has 120 valence electrons. The van der Waals surface area contributed by atoms with Gasteiger partial charge in [-0.15, -0.1) is 0 Å². The van der Waals surface area contributed by atoms with E-state index < -0.39 is 0 Å². The minimum Gasteiger partial charge on any atom is -0.463 e. The number of nitrogens with one attached hydrogen (secondary N) is 1. The first-order chi connectivity index (χ1) is 10.6. The van der Waals surface area contributed by atoms with Crippen molar-refractivity contribution in [3.8, 4) is 0 Å². The molecular formula is C16H20BrNO4. The molecule has 0 aliphatic carbocycles. The van der Waals surface area contributed by atoms with Gasteiger partial charge in [-0.25, -0.2) is 0 Å². The lowest BCUT2D eigenvalue weighted by Crippen LogP contribution is -2.29. The minimum atomic E-state index is -0.315. The molecule has 2 rings (SSSR count). The first kappa shape index (κ1) is 17.0. The number of benzene rings is 1. The van der Waals surface area contributed by atoms with E-state index in [1.54, 1.807) is 24.3 Å². The van der Waals surface area contributed by atoms with Crippen molar-refractivity contribution in [1.82, 2.24) is 5.32 Å². The van der Waals surface area contributed by atoms with E-state index in [4.69, 9.17) is 9.47 Å². The molecule has 0 spiro atoms. The minimum absolute atomic E-state index is 0.0232. The highest BCUT2D eigenvalue weighted by molar-refractivity contribution is 9.10. The van der Waals surface area contributed by atoms with Gasteiger partial charge < -0.3 is 14.8 Å². The average molecular weight is 370 g/mol. The van der Waals surface area contributed by atoms with Crippen molar-refractivity contribution < 1.29 is 19.1 Å². The Labute approximate surface area is 138 Å². The third kappa shape index (κ3) is 5.77. The van der Waals surface area contributed by atoms with Crippen LogP contribution in [-0.2, 0) is 14.3 Å². The molecule has 5 nitrogen and oxygen atoms in total. The second kappa shape index (κ2) is 8.90. The van der Waals surface area contributed by atoms with E-state index in [1.807, 2.05) is 0 Å². The molecule has 1 unspecified atom stereocenters. The molecule has 6 heteroatoms. The van der Waals surface area contributed by atoms with Gasteiger partial charge in [0.25, 0.3) is 5.91 Å². The second-order valence-corrected chi connectivity index (χ2v) is 6.10. The Kier molecular flexibility index (Phi) is 6.86.